The molecule has 0 heterocycles. The molecule has 0 aliphatic heterocycles. The number of hydrogen-bond donors (Lipinski definition) is 2. The van der Waals surface area contributed by atoms with Gasteiger partial charge in [-0.3, -0.25) is 4.79 Å². The van der Waals surface area contributed by atoms with Crippen LogP contribution in [-0.2, 0) is 4.79 Å². The average molecular weight is 387 g/mol. The molecule has 0 atom stereocenters. The summed E-state index contributed by atoms with van der Waals surface area (Å²) >= 11 is 0. The SMILES string of the molecule is Cc1ccc(NCC(=O)N/N=C\c2ccc(OC(=O)c3ccccc3)cc2)cc1. The summed E-state index contributed by atoms with van der Waals surface area (Å²) in [5.41, 5.74) is 5.74. The quantitative estimate of drug-likeness (QED) is 0.280. The molecular weight excluding hydrogens is 366 g/mol. The number of amides is 1. The van der Waals surface area contributed by atoms with E-state index in [9.17, 15) is 9.59 Å². The molecule has 0 saturated carbocycles. The second-order valence-corrected chi connectivity index (χ2v) is 6.34. The summed E-state index contributed by atoms with van der Waals surface area (Å²) in [6, 6.07) is 23.4. The summed E-state index contributed by atoms with van der Waals surface area (Å²) in [5, 5.41) is 6.96. The summed E-state index contributed by atoms with van der Waals surface area (Å²) in [6.45, 7) is 2.12. The maximum atomic E-state index is 12.0. The number of esters is 1. The number of hydrazone groups is 1. The zero-order valence-corrected chi connectivity index (χ0v) is 16.0. The van der Waals surface area contributed by atoms with Crippen molar-refractivity contribution < 1.29 is 14.3 Å². The van der Waals surface area contributed by atoms with E-state index in [4.69, 9.17) is 4.74 Å². The number of benzene rings is 3. The normalized spacial score (nSPS) is 10.5. The van der Waals surface area contributed by atoms with E-state index < -0.39 is 5.97 Å². The first kappa shape index (κ1) is 19.8. The Morgan fingerprint density at radius 3 is 2.31 bits per heavy atom. The molecule has 29 heavy (non-hydrogen) atoms. The van der Waals surface area contributed by atoms with Gasteiger partial charge in [0, 0.05) is 5.69 Å². The zero-order chi connectivity index (χ0) is 20.5. The third-order valence-electron chi connectivity index (χ3n) is 4.01. The number of aryl methyl sites for hydroxylation is 1. The molecule has 6 heteroatoms. The number of carbonyl (C=O) groups excluding carboxylic acids is 2. The molecule has 3 aromatic rings. The van der Waals surface area contributed by atoms with Crippen molar-refractivity contribution in [2.45, 2.75) is 6.92 Å². The number of rotatable bonds is 7. The Balaban J connectivity index is 1.45. The minimum absolute atomic E-state index is 0.120. The fraction of sp³-hybridized carbons (Fsp3) is 0.0870. The lowest BCUT2D eigenvalue weighted by Crippen LogP contribution is -2.25. The first-order valence-electron chi connectivity index (χ1n) is 9.10. The molecule has 6 nitrogen and oxygen atoms in total. The Hall–Kier alpha value is -3.93. The van der Waals surface area contributed by atoms with Gasteiger partial charge in [0.15, 0.2) is 0 Å². The van der Waals surface area contributed by atoms with Gasteiger partial charge in [0.2, 0.25) is 0 Å². The van der Waals surface area contributed by atoms with Crippen molar-refractivity contribution in [3.8, 4) is 5.75 Å². The number of hydrogen-bond acceptors (Lipinski definition) is 5. The van der Waals surface area contributed by atoms with Crippen molar-refractivity contribution in [3.63, 3.8) is 0 Å². The summed E-state index contributed by atoms with van der Waals surface area (Å²) in [7, 11) is 0. The second kappa shape index (κ2) is 9.85. The number of carbonyl (C=O) groups is 2. The van der Waals surface area contributed by atoms with Crippen LogP contribution in [0.4, 0.5) is 5.69 Å². The Labute approximate surface area is 169 Å². The van der Waals surface area contributed by atoms with Crippen LogP contribution in [0.15, 0.2) is 84.0 Å². The van der Waals surface area contributed by atoms with Gasteiger partial charge < -0.3 is 10.1 Å². The van der Waals surface area contributed by atoms with Crippen molar-refractivity contribution in [1.82, 2.24) is 5.43 Å². The highest BCUT2D eigenvalue weighted by Gasteiger charge is 2.07. The molecule has 0 aliphatic carbocycles. The van der Waals surface area contributed by atoms with Gasteiger partial charge in [-0.25, -0.2) is 10.2 Å². The van der Waals surface area contributed by atoms with Crippen LogP contribution in [0.2, 0.25) is 0 Å². The fourth-order valence-corrected chi connectivity index (χ4v) is 2.43. The summed E-state index contributed by atoms with van der Waals surface area (Å²) < 4.78 is 5.32. The Kier molecular flexibility index (Phi) is 6.73. The minimum Gasteiger partial charge on any atom is -0.423 e. The van der Waals surface area contributed by atoms with Crippen LogP contribution >= 0.6 is 0 Å². The Morgan fingerprint density at radius 1 is 0.931 bits per heavy atom. The molecule has 3 rings (SSSR count). The summed E-state index contributed by atoms with van der Waals surface area (Å²) in [6.07, 6.45) is 1.52. The maximum Gasteiger partial charge on any atom is 0.343 e. The summed E-state index contributed by atoms with van der Waals surface area (Å²) in [5.74, 6) is -0.238. The van der Waals surface area contributed by atoms with Crippen molar-refractivity contribution in [2.75, 3.05) is 11.9 Å². The summed E-state index contributed by atoms with van der Waals surface area (Å²) in [4.78, 5) is 23.9. The molecule has 0 aliphatic rings. The fourth-order valence-electron chi connectivity index (χ4n) is 2.43. The van der Waals surface area contributed by atoms with E-state index in [1.807, 2.05) is 37.3 Å². The second-order valence-electron chi connectivity index (χ2n) is 6.34. The van der Waals surface area contributed by atoms with Gasteiger partial charge in [0.05, 0.1) is 18.3 Å². The highest BCUT2D eigenvalue weighted by Crippen LogP contribution is 2.13. The predicted molar refractivity (Wildman–Crippen MR) is 113 cm³/mol. The number of ether oxygens (including phenoxy) is 1. The van der Waals surface area contributed by atoms with Gasteiger partial charge in [-0.15, -0.1) is 0 Å². The molecule has 3 aromatic carbocycles. The lowest BCUT2D eigenvalue weighted by molar-refractivity contribution is -0.119. The molecule has 1 amide bonds. The van der Waals surface area contributed by atoms with Gasteiger partial charge in [-0.05, 0) is 61.0 Å². The maximum absolute atomic E-state index is 12.0. The van der Waals surface area contributed by atoms with Crippen LogP contribution in [-0.4, -0.2) is 24.6 Å². The Bertz CT molecular complexity index is 982. The highest BCUT2D eigenvalue weighted by molar-refractivity contribution is 5.91. The molecule has 0 saturated heterocycles. The van der Waals surface area contributed by atoms with E-state index in [1.54, 1.807) is 48.5 Å². The molecule has 0 bridgehead atoms. The van der Waals surface area contributed by atoms with E-state index in [1.165, 1.54) is 6.21 Å². The van der Waals surface area contributed by atoms with Crippen molar-refractivity contribution in [2.24, 2.45) is 5.10 Å². The topological polar surface area (TPSA) is 79.8 Å². The lowest BCUT2D eigenvalue weighted by Gasteiger charge is -2.05. The minimum atomic E-state index is -0.416. The third kappa shape index (κ3) is 6.32. The van der Waals surface area contributed by atoms with E-state index in [0.29, 0.717) is 11.3 Å². The van der Waals surface area contributed by atoms with Gasteiger partial charge in [0.1, 0.15) is 5.75 Å². The number of anilines is 1. The van der Waals surface area contributed by atoms with Gasteiger partial charge in [-0.2, -0.15) is 5.10 Å². The van der Waals surface area contributed by atoms with Gasteiger partial charge in [-0.1, -0.05) is 35.9 Å². The molecule has 0 aromatic heterocycles. The molecular formula is C23H21N3O3. The van der Waals surface area contributed by atoms with Gasteiger partial charge >= 0.3 is 5.97 Å². The van der Waals surface area contributed by atoms with E-state index in [-0.39, 0.29) is 12.5 Å². The van der Waals surface area contributed by atoms with E-state index >= 15 is 0 Å². The van der Waals surface area contributed by atoms with Crippen molar-refractivity contribution in [3.05, 3.63) is 95.6 Å². The Morgan fingerprint density at radius 2 is 1.62 bits per heavy atom. The monoisotopic (exact) mass is 387 g/mol. The lowest BCUT2D eigenvalue weighted by atomic mass is 10.2. The standard InChI is InChI=1S/C23H21N3O3/c1-17-7-11-20(12-8-17)24-16-22(27)26-25-15-18-9-13-21(14-10-18)29-23(28)19-5-3-2-4-6-19/h2-15,24H,16H2,1H3,(H,26,27)/b25-15-. The molecule has 0 unspecified atom stereocenters. The third-order valence-corrected chi connectivity index (χ3v) is 4.01. The average Bonchev–Trinajstić information content (AvgIpc) is 2.75. The smallest absolute Gasteiger partial charge is 0.343 e. The number of nitrogens with zero attached hydrogens (tertiary/aromatic N) is 1. The van der Waals surface area contributed by atoms with Crippen LogP contribution < -0.4 is 15.5 Å². The van der Waals surface area contributed by atoms with Crippen LogP contribution in [0.5, 0.6) is 5.75 Å². The van der Waals surface area contributed by atoms with Crippen LogP contribution in [0.3, 0.4) is 0 Å². The van der Waals surface area contributed by atoms with Crippen molar-refractivity contribution >= 4 is 23.8 Å². The predicted octanol–water partition coefficient (Wildman–Crippen LogP) is 3.78. The van der Waals surface area contributed by atoms with Crippen LogP contribution in [0.1, 0.15) is 21.5 Å². The van der Waals surface area contributed by atoms with Crippen LogP contribution in [0.25, 0.3) is 0 Å². The highest BCUT2D eigenvalue weighted by atomic mass is 16.5. The molecule has 2 N–H and O–H groups in total. The van der Waals surface area contributed by atoms with E-state index in [2.05, 4.69) is 15.8 Å². The van der Waals surface area contributed by atoms with Crippen molar-refractivity contribution in [1.29, 1.82) is 0 Å². The first-order chi connectivity index (χ1) is 14.1. The molecule has 146 valence electrons. The van der Waals surface area contributed by atoms with Gasteiger partial charge in [0.25, 0.3) is 5.91 Å². The number of nitrogens with one attached hydrogen (secondary N) is 2. The largest absolute Gasteiger partial charge is 0.423 e. The van der Waals surface area contributed by atoms with E-state index in [0.717, 1.165) is 16.8 Å². The molecule has 0 fully saturated rings. The molecule has 0 radical (unpaired) electrons. The first-order valence-corrected chi connectivity index (χ1v) is 9.10. The van der Waals surface area contributed by atoms with Crippen LogP contribution in [0, 0.1) is 6.92 Å². The zero-order valence-electron chi connectivity index (χ0n) is 16.0. The molecule has 0 spiro atoms.